The largest absolute Gasteiger partial charge is 0.380 e. The molecule has 0 N–H and O–H groups in total. The number of halogens is 2. The van der Waals surface area contributed by atoms with Gasteiger partial charge in [-0.2, -0.15) is 0 Å². The molecule has 0 unspecified atom stereocenters. The van der Waals surface area contributed by atoms with Gasteiger partial charge in [0.1, 0.15) is 5.69 Å². The fourth-order valence-corrected chi connectivity index (χ4v) is 5.99. The first-order valence-corrected chi connectivity index (χ1v) is 13.1. The summed E-state index contributed by atoms with van der Waals surface area (Å²) < 4.78 is 5.94. The number of aromatic nitrogens is 1. The highest BCUT2D eigenvalue weighted by Gasteiger charge is 2.35. The highest BCUT2D eigenvalue weighted by molar-refractivity contribution is 6.42. The molecule has 2 aromatic carbocycles. The molecule has 3 aromatic rings. The van der Waals surface area contributed by atoms with Crippen molar-refractivity contribution in [1.82, 2.24) is 14.8 Å². The zero-order valence-electron chi connectivity index (χ0n) is 20.0. The van der Waals surface area contributed by atoms with Crippen molar-refractivity contribution in [3.8, 4) is 0 Å². The van der Waals surface area contributed by atoms with Crippen LogP contribution in [0.15, 0.2) is 54.7 Å². The first-order valence-electron chi connectivity index (χ1n) is 12.4. The van der Waals surface area contributed by atoms with Crippen molar-refractivity contribution >= 4 is 39.9 Å². The van der Waals surface area contributed by atoms with Gasteiger partial charge in [0.2, 0.25) is 0 Å². The van der Waals surface area contributed by atoms with E-state index in [-0.39, 0.29) is 12.0 Å². The molecule has 1 aromatic heterocycles. The first kappa shape index (κ1) is 24.5. The van der Waals surface area contributed by atoms with E-state index in [2.05, 4.69) is 16.0 Å². The number of carbonyl (C=O) groups excluding carboxylic acids is 1. The third-order valence-electron chi connectivity index (χ3n) is 7.66. The van der Waals surface area contributed by atoms with Gasteiger partial charge in [-0.3, -0.25) is 14.7 Å². The molecule has 2 atom stereocenters. The predicted octanol–water partition coefficient (Wildman–Crippen LogP) is 5.73. The third-order valence-corrected chi connectivity index (χ3v) is 8.40. The molecular weight excluding hydrogens is 481 g/mol. The molecule has 2 aliphatic heterocycles. The van der Waals surface area contributed by atoms with Gasteiger partial charge < -0.3 is 9.64 Å². The third kappa shape index (κ3) is 5.34. The number of methoxy groups -OCH3 is 1. The molecule has 1 amide bonds. The van der Waals surface area contributed by atoms with Crippen molar-refractivity contribution in [2.24, 2.45) is 5.92 Å². The van der Waals surface area contributed by atoms with Crippen molar-refractivity contribution in [1.29, 1.82) is 0 Å². The number of ether oxygens (including phenoxy) is 1. The minimum absolute atomic E-state index is 0.0374. The van der Waals surface area contributed by atoms with Crippen LogP contribution >= 0.6 is 23.2 Å². The van der Waals surface area contributed by atoms with Gasteiger partial charge in [-0.15, -0.1) is 0 Å². The summed E-state index contributed by atoms with van der Waals surface area (Å²) in [4.78, 5) is 22.2. The quantitative estimate of drug-likeness (QED) is 0.439. The van der Waals surface area contributed by atoms with Gasteiger partial charge in [0.15, 0.2) is 0 Å². The van der Waals surface area contributed by atoms with Crippen LogP contribution in [-0.2, 0) is 11.2 Å². The molecule has 5 rings (SSSR count). The Bertz CT molecular complexity index is 1190. The number of fused-ring (bicyclic) bond motifs is 1. The van der Waals surface area contributed by atoms with Crippen LogP contribution in [0, 0.1) is 5.92 Å². The Morgan fingerprint density at radius 2 is 1.83 bits per heavy atom. The van der Waals surface area contributed by atoms with E-state index in [1.807, 2.05) is 54.5 Å². The van der Waals surface area contributed by atoms with Gasteiger partial charge in [0.25, 0.3) is 5.91 Å². The number of rotatable bonds is 5. The number of hydrogen-bond donors (Lipinski definition) is 0. The second kappa shape index (κ2) is 10.8. The molecule has 0 bridgehead atoms. The standard InChI is InChI=1S/C28H31Cl2N3O2/c1-35-26-18-33(13-9-21(26)16-19-6-7-24(29)25(30)17-19)22-10-14-32(15-11-22)28(34)27-23-5-3-2-4-20(23)8-12-31-27/h2-8,12,17,21-22,26H,9-11,13-16,18H2,1H3/t21-,26-/m1/s1. The number of benzene rings is 2. The molecule has 3 heterocycles. The lowest BCUT2D eigenvalue weighted by atomic mass is 9.86. The van der Waals surface area contributed by atoms with Crippen LogP contribution in [0.25, 0.3) is 10.8 Å². The lowest BCUT2D eigenvalue weighted by Crippen LogP contribution is -2.53. The molecule has 0 radical (unpaired) electrons. The van der Waals surface area contributed by atoms with E-state index < -0.39 is 0 Å². The van der Waals surface area contributed by atoms with Crippen molar-refractivity contribution in [2.45, 2.75) is 37.8 Å². The lowest BCUT2D eigenvalue weighted by molar-refractivity contribution is -0.0325. The van der Waals surface area contributed by atoms with E-state index in [4.69, 9.17) is 27.9 Å². The fraction of sp³-hybridized carbons (Fsp3) is 0.429. The van der Waals surface area contributed by atoms with Gasteiger partial charge >= 0.3 is 0 Å². The summed E-state index contributed by atoms with van der Waals surface area (Å²) in [6.45, 7) is 3.49. The average Bonchev–Trinajstić information content (AvgIpc) is 2.90. The summed E-state index contributed by atoms with van der Waals surface area (Å²) in [7, 11) is 1.81. The number of amides is 1. The minimum atomic E-state index is 0.0374. The molecule has 5 nitrogen and oxygen atoms in total. The normalized spacial score (nSPS) is 22.0. The van der Waals surface area contributed by atoms with Gasteiger partial charge in [-0.25, -0.2) is 0 Å². The zero-order chi connectivity index (χ0) is 24.4. The number of nitrogens with zero attached hydrogens (tertiary/aromatic N) is 3. The van der Waals surface area contributed by atoms with Crippen LogP contribution in [0.1, 0.15) is 35.3 Å². The Kier molecular flexibility index (Phi) is 7.59. The Balaban J connectivity index is 1.18. The molecule has 2 aliphatic rings. The van der Waals surface area contributed by atoms with E-state index in [1.54, 1.807) is 6.20 Å². The summed E-state index contributed by atoms with van der Waals surface area (Å²) in [5, 5.41) is 3.18. The molecule has 0 spiro atoms. The zero-order valence-corrected chi connectivity index (χ0v) is 21.5. The summed E-state index contributed by atoms with van der Waals surface area (Å²) in [6, 6.07) is 16.3. The van der Waals surface area contributed by atoms with Crippen LogP contribution in [0.5, 0.6) is 0 Å². The number of likely N-dealkylation sites (tertiary alicyclic amines) is 2. The second-order valence-electron chi connectivity index (χ2n) is 9.67. The summed E-state index contributed by atoms with van der Waals surface area (Å²) in [5.74, 6) is 0.489. The molecule has 184 valence electrons. The molecule has 7 heteroatoms. The molecular formula is C28H31Cl2N3O2. The topological polar surface area (TPSA) is 45.7 Å². The highest BCUT2D eigenvalue weighted by atomic mass is 35.5. The minimum Gasteiger partial charge on any atom is -0.380 e. The summed E-state index contributed by atoms with van der Waals surface area (Å²) >= 11 is 12.3. The molecule has 0 saturated carbocycles. The lowest BCUT2D eigenvalue weighted by Gasteiger charge is -2.44. The van der Waals surface area contributed by atoms with Crippen LogP contribution in [0.4, 0.5) is 0 Å². The maximum absolute atomic E-state index is 13.3. The SMILES string of the molecule is CO[C@@H]1CN(C2CCN(C(=O)c3nccc4ccccc34)CC2)CC[C@@H]1Cc1ccc(Cl)c(Cl)c1. The Labute approximate surface area is 217 Å². The van der Waals surface area contributed by atoms with Gasteiger partial charge in [-0.1, -0.05) is 53.5 Å². The molecule has 2 saturated heterocycles. The van der Waals surface area contributed by atoms with Gasteiger partial charge in [0, 0.05) is 44.4 Å². The number of piperidine rings is 2. The maximum Gasteiger partial charge on any atom is 0.273 e. The van der Waals surface area contributed by atoms with Crippen LogP contribution in [0.3, 0.4) is 0 Å². The van der Waals surface area contributed by atoms with E-state index in [0.717, 1.165) is 62.6 Å². The Hall–Kier alpha value is -2.18. The van der Waals surface area contributed by atoms with Crippen molar-refractivity contribution < 1.29 is 9.53 Å². The highest BCUT2D eigenvalue weighted by Crippen LogP contribution is 2.30. The average molecular weight is 512 g/mol. The van der Waals surface area contributed by atoms with E-state index in [1.165, 1.54) is 5.56 Å². The van der Waals surface area contributed by atoms with E-state index in [9.17, 15) is 4.79 Å². The first-order chi connectivity index (χ1) is 17.0. The van der Waals surface area contributed by atoms with Gasteiger partial charge in [-0.05, 0) is 67.3 Å². The second-order valence-corrected chi connectivity index (χ2v) is 10.5. The Morgan fingerprint density at radius 3 is 2.60 bits per heavy atom. The van der Waals surface area contributed by atoms with Crippen LogP contribution in [0.2, 0.25) is 10.0 Å². The van der Waals surface area contributed by atoms with E-state index >= 15 is 0 Å². The fourth-order valence-electron chi connectivity index (χ4n) is 5.66. The molecule has 2 fully saturated rings. The van der Waals surface area contributed by atoms with Gasteiger partial charge in [0.05, 0.1) is 16.1 Å². The smallest absolute Gasteiger partial charge is 0.273 e. The number of pyridine rings is 1. The number of carbonyl (C=O) groups is 1. The van der Waals surface area contributed by atoms with E-state index in [0.29, 0.717) is 27.7 Å². The van der Waals surface area contributed by atoms with Crippen molar-refractivity contribution in [2.75, 3.05) is 33.3 Å². The summed E-state index contributed by atoms with van der Waals surface area (Å²) in [6.07, 6.45) is 5.88. The maximum atomic E-state index is 13.3. The number of hydrogen-bond acceptors (Lipinski definition) is 4. The summed E-state index contributed by atoms with van der Waals surface area (Å²) in [5.41, 5.74) is 1.76. The van der Waals surface area contributed by atoms with Crippen LogP contribution < -0.4 is 0 Å². The molecule has 35 heavy (non-hydrogen) atoms. The Morgan fingerprint density at radius 1 is 1.03 bits per heavy atom. The van der Waals surface area contributed by atoms with Crippen molar-refractivity contribution in [3.05, 3.63) is 76.0 Å². The molecule has 0 aliphatic carbocycles. The van der Waals surface area contributed by atoms with Crippen LogP contribution in [-0.4, -0.2) is 66.1 Å². The van der Waals surface area contributed by atoms with Crippen molar-refractivity contribution in [3.63, 3.8) is 0 Å². The predicted molar refractivity (Wildman–Crippen MR) is 141 cm³/mol. The monoisotopic (exact) mass is 511 g/mol.